The van der Waals surface area contributed by atoms with E-state index in [1.807, 2.05) is 24.8 Å². The number of aryl methyl sites for hydroxylation is 2. The molecule has 2 aliphatic heterocycles. The molecule has 1 fully saturated rings. The maximum atomic E-state index is 13.0. The molecule has 1 N–H and O–H groups in total. The molecular weight excluding hydrogens is 436 g/mol. The summed E-state index contributed by atoms with van der Waals surface area (Å²) in [7, 11) is 3.09. The molecular formula is C25H32N4O5. The van der Waals surface area contributed by atoms with Crippen LogP contribution in [0.15, 0.2) is 18.2 Å². The van der Waals surface area contributed by atoms with Crippen LogP contribution < -0.4 is 19.5 Å². The minimum atomic E-state index is -0.597. The fourth-order valence-corrected chi connectivity index (χ4v) is 4.70. The molecule has 182 valence electrons. The highest BCUT2D eigenvalue weighted by molar-refractivity contribution is 6.03. The van der Waals surface area contributed by atoms with Gasteiger partial charge in [0.25, 0.3) is 0 Å². The van der Waals surface area contributed by atoms with Crippen molar-refractivity contribution in [2.75, 3.05) is 39.2 Å². The third-order valence-corrected chi connectivity index (χ3v) is 6.44. The van der Waals surface area contributed by atoms with Crippen molar-refractivity contribution in [1.29, 1.82) is 0 Å². The Bertz CT molecular complexity index is 1060. The summed E-state index contributed by atoms with van der Waals surface area (Å²) in [6, 6.07) is 5.36. The molecule has 1 aromatic heterocycles. The van der Waals surface area contributed by atoms with Crippen LogP contribution in [-0.2, 0) is 4.79 Å². The first-order valence-electron chi connectivity index (χ1n) is 11.6. The Labute approximate surface area is 199 Å². The Morgan fingerprint density at radius 3 is 2.47 bits per heavy atom. The molecule has 0 radical (unpaired) electrons. The number of methoxy groups -OCH3 is 2. The Kier molecular flexibility index (Phi) is 6.90. The van der Waals surface area contributed by atoms with Crippen LogP contribution in [0.1, 0.15) is 53.8 Å². The van der Waals surface area contributed by atoms with E-state index in [1.54, 1.807) is 19.2 Å². The molecule has 9 heteroatoms. The van der Waals surface area contributed by atoms with Crippen LogP contribution in [0.5, 0.6) is 17.2 Å². The number of benzene rings is 1. The molecule has 2 aliphatic rings. The van der Waals surface area contributed by atoms with E-state index in [0.29, 0.717) is 74.1 Å². The molecule has 0 bridgehead atoms. The lowest BCUT2D eigenvalue weighted by Gasteiger charge is -2.44. The standard InChI is InChI=1S/C25H32N4O5/c1-16-12-17(2)28-24(27-16)26-9-5-6-22(31)29-10-7-25(8-11-29)15-19(30)23-20(33-4)13-18(32-3)14-21(23)34-25/h12-14H,5-11,15H2,1-4H3,(H,26,27,28). The normalized spacial score (nSPS) is 16.6. The molecule has 1 aromatic carbocycles. The van der Waals surface area contributed by atoms with Crippen LogP contribution >= 0.6 is 0 Å². The third kappa shape index (κ3) is 5.08. The van der Waals surface area contributed by atoms with Crippen molar-refractivity contribution in [3.05, 3.63) is 35.2 Å². The van der Waals surface area contributed by atoms with Gasteiger partial charge in [-0.3, -0.25) is 9.59 Å². The van der Waals surface area contributed by atoms with E-state index in [9.17, 15) is 9.59 Å². The molecule has 2 aromatic rings. The minimum absolute atomic E-state index is 0.000193. The molecule has 4 rings (SSSR count). The molecule has 0 aliphatic carbocycles. The van der Waals surface area contributed by atoms with Crippen LogP contribution in [0.4, 0.5) is 5.95 Å². The highest BCUT2D eigenvalue weighted by atomic mass is 16.5. The predicted octanol–water partition coefficient (Wildman–Crippen LogP) is 3.33. The van der Waals surface area contributed by atoms with E-state index in [2.05, 4.69) is 15.3 Å². The summed E-state index contributed by atoms with van der Waals surface area (Å²) in [5, 5.41) is 3.19. The maximum Gasteiger partial charge on any atom is 0.223 e. The van der Waals surface area contributed by atoms with E-state index >= 15 is 0 Å². The molecule has 3 heterocycles. The zero-order valence-electron chi connectivity index (χ0n) is 20.3. The van der Waals surface area contributed by atoms with Crippen molar-refractivity contribution in [3.8, 4) is 17.2 Å². The summed E-state index contributed by atoms with van der Waals surface area (Å²) in [4.78, 5) is 36.3. The number of carbonyl (C=O) groups excluding carboxylic acids is 2. The smallest absolute Gasteiger partial charge is 0.223 e. The summed E-state index contributed by atoms with van der Waals surface area (Å²) in [5.41, 5.74) is 1.69. The number of nitrogens with zero attached hydrogens (tertiary/aromatic N) is 3. The average Bonchev–Trinajstić information content (AvgIpc) is 2.80. The van der Waals surface area contributed by atoms with Crippen molar-refractivity contribution in [2.45, 2.75) is 51.6 Å². The molecule has 0 unspecified atom stereocenters. The van der Waals surface area contributed by atoms with E-state index in [-0.39, 0.29) is 18.1 Å². The zero-order chi connectivity index (χ0) is 24.3. The second-order valence-electron chi connectivity index (χ2n) is 8.97. The van der Waals surface area contributed by atoms with Crippen LogP contribution in [-0.4, -0.2) is 66.0 Å². The molecule has 9 nitrogen and oxygen atoms in total. The van der Waals surface area contributed by atoms with Gasteiger partial charge in [0.05, 0.1) is 20.6 Å². The van der Waals surface area contributed by atoms with Crippen LogP contribution in [0.2, 0.25) is 0 Å². The van der Waals surface area contributed by atoms with Crippen molar-refractivity contribution in [3.63, 3.8) is 0 Å². The van der Waals surface area contributed by atoms with E-state index < -0.39 is 5.60 Å². The highest BCUT2D eigenvalue weighted by Gasteiger charge is 2.44. The van der Waals surface area contributed by atoms with Gasteiger partial charge in [-0.2, -0.15) is 0 Å². The number of hydrogen-bond donors (Lipinski definition) is 1. The van der Waals surface area contributed by atoms with E-state index in [0.717, 1.165) is 11.4 Å². The molecule has 0 atom stereocenters. The van der Waals surface area contributed by atoms with Crippen molar-refractivity contribution in [1.82, 2.24) is 14.9 Å². The number of likely N-dealkylation sites (tertiary alicyclic amines) is 1. The van der Waals surface area contributed by atoms with Gasteiger partial charge in [0.1, 0.15) is 28.4 Å². The van der Waals surface area contributed by atoms with Gasteiger partial charge in [-0.05, 0) is 26.3 Å². The Morgan fingerprint density at radius 1 is 1.12 bits per heavy atom. The van der Waals surface area contributed by atoms with Gasteiger partial charge < -0.3 is 24.4 Å². The SMILES string of the molecule is COc1cc(OC)c2c(c1)OC1(CCN(C(=O)CCCNc3nc(C)cc(C)n3)CC1)CC2=O. The van der Waals surface area contributed by atoms with Crippen molar-refractivity contribution < 1.29 is 23.8 Å². The lowest BCUT2D eigenvalue weighted by molar-refractivity contribution is -0.134. The Balaban J connectivity index is 1.30. The molecule has 34 heavy (non-hydrogen) atoms. The largest absolute Gasteiger partial charge is 0.496 e. The fourth-order valence-electron chi connectivity index (χ4n) is 4.70. The summed E-state index contributed by atoms with van der Waals surface area (Å²) in [6.45, 7) is 5.63. The number of piperidine rings is 1. The van der Waals surface area contributed by atoms with Crippen LogP contribution in [0, 0.1) is 13.8 Å². The predicted molar refractivity (Wildman–Crippen MR) is 127 cm³/mol. The van der Waals surface area contributed by atoms with Gasteiger partial charge in [0, 0.05) is 62.4 Å². The number of rotatable bonds is 7. The number of carbonyl (C=O) groups is 2. The molecule has 1 spiro atoms. The number of aromatic nitrogens is 2. The van der Waals surface area contributed by atoms with Gasteiger partial charge in [0.15, 0.2) is 5.78 Å². The van der Waals surface area contributed by atoms with Crippen molar-refractivity contribution >= 4 is 17.6 Å². The van der Waals surface area contributed by atoms with Gasteiger partial charge >= 0.3 is 0 Å². The first-order valence-corrected chi connectivity index (χ1v) is 11.6. The number of Topliss-reactive ketones (excluding diaryl/α,β-unsaturated/α-hetero) is 1. The minimum Gasteiger partial charge on any atom is -0.496 e. The first-order chi connectivity index (χ1) is 16.3. The Hall–Kier alpha value is -3.36. The maximum absolute atomic E-state index is 13.0. The zero-order valence-corrected chi connectivity index (χ0v) is 20.3. The van der Waals surface area contributed by atoms with Gasteiger partial charge in [-0.1, -0.05) is 0 Å². The topological polar surface area (TPSA) is 103 Å². The monoisotopic (exact) mass is 468 g/mol. The molecule has 0 saturated carbocycles. The fraction of sp³-hybridized carbons (Fsp3) is 0.520. The number of fused-ring (bicyclic) bond motifs is 1. The molecule has 1 saturated heterocycles. The highest BCUT2D eigenvalue weighted by Crippen LogP contribution is 2.44. The van der Waals surface area contributed by atoms with E-state index in [1.165, 1.54) is 7.11 Å². The quantitative estimate of drug-likeness (QED) is 0.618. The van der Waals surface area contributed by atoms with Gasteiger partial charge in [-0.15, -0.1) is 0 Å². The number of ether oxygens (including phenoxy) is 3. The molecule has 1 amide bonds. The number of hydrogen-bond acceptors (Lipinski definition) is 8. The van der Waals surface area contributed by atoms with Crippen LogP contribution in [0.25, 0.3) is 0 Å². The summed E-state index contributed by atoms with van der Waals surface area (Å²) in [5.74, 6) is 2.24. The first kappa shape index (κ1) is 23.8. The lowest BCUT2D eigenvalue weighted by atomic mass is 9.82. The van der Waals surface area contributed by atoms with Gasteiger partial charge in [-0.25, -0.2) is 9.97 Å². The number of nitrogens with one attached hydrogen (secondary N) is 1. The number of ketones is 1. The number of anilines is 1. The summed E-state index contributed by atoms with van der Waals surface area (Å²) >= 11 is 0. The lowest BCUT2D eigenvalue weighted by Crippen LogP contribution is -2.52. The van der Waals surface area contributed by atoms with Crippen molar-refractivity contribution in [2.24, 2.45) is 0 Å². The summed E-state index contributed by atoms with van der Waals surface area (Å²) < 4.78 is 17.1. The number of amides is 1. The average molecular weight is 469 g/mol. The van der Waals surface area contributed by atoms with E-state index in [4.69, 9.17) is 14.2 Å². The second kappa shape index (κ2) is 9.87. The van der Waals surface area contributed by atoms with Gasteiger partial charge in [0.2, 0.25) is 11.9 Å². The third-order valence-electron chi connectivity index (χ3n) is 6.44. The Morgan fingerprint density at radius 2 is 1.82 bits per heavy atom. The van der Waals surface area contributed by atoms with Crippen LogP contribution in [0.3, 0.4) is 0 Å². The second-order valence-corrected chi connectivity index (χ2v) is 8.97. The summed E-state index contributed by atoms with van der Waals surface area (Å²) in [6.07, 6.45) is 2.64.